The molecule has 9 heteroatoms. The number of halogens is 1. The van der Waals surface area contributed by atoms with Gasteiger partial charge in [-0.15, -0.1) is 11.3 Å². The summed E-state index contributed by atoms with van der Waals surface area (Å²) in [7, 11) is -7.60. The molecule has 0 aliphatic carbocycles. The maximum Gasteiger partial charge on any atom is 0.240 e. The Kier molecular flexibility index (Phi) is 6.17. The molecule has 0 spiro atoms. The molecule has 0 aliphatic heterocycles. The van der Waals surface area contributed by atoms with Crippen molar-refractivity contribution in [1.29, 1.82) is 0 Å². The molecule has 0 radical (unpaired) electrons. The summed E-state index contributed by atoms with van der Waals surface area (Å²) >= 11 is 4.54. The number of hydrogen-bond donors (Lipinski definition) is 1. The Balaban J connectivity index is 1.91. The zero-order valence-corrected chi connectivity index (χ0v) is 18.0. The van der Waals surface area contributed by atoms with Gasteiger partial charge in [0.15, 0.2) is 9.84 Å². The van der Waals surface area contributed by atoms with Gasteiger partial charge in [-0.1, -0.05) is 40.2 Å². The molecule has 0 saturated heterocycles. The molecule has 0 fully saturated rings. The van der Waals surface area contributed by atoms with Gasteiger partial charge < -0.3 is 0 Å². The number of sulfonamides is 1. The van der Waals surface area contributed by atoms with Crippen LogP contribution >= 0.6 is 27.3 Å². The van der Waals surface area contributed by atoms with Crippen LogP contribution in [-0.2, 0) is 19.9 Å². The van der Waals surface area contributed by atoms with Gasteiger partial charge in [-0.05, 0) is 47.8 Å². The SMILES string of the molecule is O=S(=O)(NC[C@H](c1cccs1)S(=O)(=O)c1ccccc1)c1ccc(Br)cc1. The largest absolute Gasteiger partial charge is 0.240 e. The third-order valence-corrected chi connectivity index (χ3v) is 9.09. The molecule has 0 saturated carbocycles. The Bertz CT molecular complexity index is 1100. The highest BCUT2D eigenvalue weighted by atomic mass is 79.9. The first-order chi connectivity index (χ1) is 12.8. The zero-order chi connectivity index (χ0) is 19.5. The molecule has 3 rings (SSSR count). The Morgan fingerprint density at radius 3 is 2.11 bits per heavy atom. The van der Waals surface area contributed by atoms with Gasteiger partial charge in [0, 0.05) is 15.9 Å². The quantitative estimate of drug-likeness (QED) is 0.548. The third-order valence-electron chi connectivity index (χ3n) is 3.89. The third kappa shape index (κ3) is 4.67. The second-order valence-corrected chi connectivity index (χ2v) is 11.5. The van der Waals surface area contributed by atoms with E-state index in [9.17, 15) is 16.8 Å². The molecule has 142 valence electrons. The Labute approximate surface area is 171 Å². The number of thiophene rings is 1. The molecule has 0 aliphatic rings. The van der Waals surface area contributed by atoms with Gasteiger partial charge in [0.1, 0.15) is 5.25 Å². The maximum atomic E-state index is 13.1. The van der Waals surface area contributed by atoms with Gasteiger partial charge >= 0.3 is 0 Å². The average Bonchev–Trinajstić information content (AvgIpc) is 3.17. The van der Waals surface area contributed by atoms with Gasteiger partial charge in [0.05, 0.1) is 9.79 Å². The highest BCUT2D eigenvalue weighted by Gasteiger charge is 2.31. The lowest BCUT2D eigenvalue weighted by atomic mass is 10.3. The summed E-state index contributed by atoms with van der Waals surface area (Å²) in [5.74, 6) is 0. The Hall–Kier alpha value is -1.52. The van der Waals surface area contributed by atoms with Crippen LogP contribution in [-0.4, -0.2) is 23.4 Å². The summed E-state index contributed by atoms with van der Waals surface area (Å²) < 4.78 is 54.5. The first kappa shape index (κ1) is 20.2. The molecular weight excluding hydrogens is 470 g/mol. The number of benzene rings is 2. The van der Waals surface area contributed by atoms with Crippen LogP contribution in [0.5, 0.6) is 0 Å². The smallest absolute Gasteiger partial charge is 0.223 e. The Morgan fingerprint density at radius 1 is 0.852 bits per heavy atom. The lowest BCUT2D eigenvalue weighted by Crippen LogP contribution is -2.31. The minimum atomic E-state index is -3.84. The van der Waals surface area contributed by atoms with Crippen LogP contribution in [0.3, 0.4) is 0 Å². The van der Waals surface area contributed by atoms with Gasteiger partial charge in [-0.3, -0.25) is 0 Å². The fourth-order valence-corrected chi connectivity index (χ4v) is 6.72. The normalized spacial score (nSPS) is 13.4. The average molecular weight is 486 g/mol. The van der Waals surface area contributed by atoms with Gasteiger partial charge in [0.2, 0.25) is 10.0 Å². The number of rotatable bonds is 7. The van der Waals surface area contributed by atoms with Crippen LogP contribution in [0.1, 0.15) is 10.1 Å². The van der Waals surface area contributed by atoms with Gasteiger partial charge in [0.25, 0.3) is 0 Å². The Morgan fingerprint density at radius 2 is 1.52 bits per heavy atom. The standard InChI is InChI=1S/C18H16BrNO4S3/c19-14-8-10-16(11-9-14)27(23,24)20-13-18(17-7-4-12-25-17)26(21,22)15-5-2-1-3-6-15/h1-12,18,20H,13H2/t18-/m1/s1. The molecule has 2 aromatic carbocycles. The molecule has 27 heavy (non-hydrogen) atoms. The monoisotopic (exact) mass is 485 g/mol. The molecule has 0 unspecified atom stereocenters. The molecule has 3 aromatic rings. The van der Waals surface area contributed by atoms with E-state index >= 15 is 0 Å². The van der Waals surface area contributed by atoms with Crippen LogP contribution in [0, 0.1) is 0 Å². The van der Waals surface area contributed by atoms with E-state index in [2.05, 4.69) is 20.7 Å². The first-order valence-electron chi connectivity index (χ1n) is 7.88. The summed E-state index contributed by atoms with van der Waals surface area (Å²) in [6.45, 7) is -0.254. The molecule has 1 N–H and O–H groups in total. The van der Waals surface area contributed by atoms with E-state index in [-0.39, 0.29) is 16.3 Å². The van der Waals surface area contributed by atoms with Crippen molar-refractivity contribution in [3.05, 3.63) is 81.5 Å². The van der Waals surface area contributed by atoms with E-state index in [1.54, 1.807) is 47.8 Å². The van der Waals surface area contributed by atoms with E-state index in [0.29, 0.717) is 4.88 Å². The summed E-state index contributed by atoms with van der Waals surface area (Å²) in [6, 6.07) is 17.6. The van der Waals surface area contributed by atoms with Crippen LogP contribution in [0.15, 0.2) is 86.4 Å². The lowest BCUT2D eigenvalue weighted by Gasteiger charge is -2.17. The second kappa shape index (κ2) is 8.24. The van der Waals surface area contributed by atoms with E-state index < -0.39 is 25.1 Å². The van der Waals surface area contributed by atoms with Crippen molar-refractivity contribution in [2.24, 2.45) is 0 Å². The number of sulfone groups is 1. The van der Waals surface area contributed by atoms with Crippen LogP contribution < -0.4 is 4.72 Å². The molecule has 0 amide bonds. The van der Waals surface area contributed by atoms with Crippen molar-refractivity contribution in [2.75, 3.05) is 6.54 Å². The van der Waals surface area contributed by atoms with Crippen molar-refractivity contribution in [2.45, 2.75) is 15.0 Å². The predicted molar refractivity (Wildman–Crippen MR) is 110 cm³/mol. The fourth-order valence-electron chi connectivity index (χ4n) is 2.49. The minimum absolute atomic E-state index is 0.0766. The van der Waals surface area contributed by atoms with Crippen LogP contribution in [0.4, 0.5) is 0 Å². The van der Waals surface area contributed by atoms with Gasteiger partial charge in [-0.2, -0.15) is 0 Å². The van der Waals surface area contributed by atoms with Gasteiger partial charge in [-0.25, -0.2) is 21.6 Å². The van der Waals surface area contributed by atoms with Crippen molar-refractivity contribution < 1.29 is 16.8 Å². The molecule has 5 nitrogen and oxygen atoms in total. The van der Waals surface area contributed by atoms with E-state index in [1.165, 1.54) is 35.6 Å². The molecular formula is C18H16BrNO4S3. The predicted octanol–water partition coefficient (Wildman–Crippen LogP) is 4.00. The zero-order valence-electron chi connectivity index (χ0n) is 13.9. The molecule has 1 aromatic heterocycles. The van der Waals surface area contributed by atoms with Crippen molar-refractivity contribution in [3.8, 4) is 0 Å². The van der Waals surface area contributed by atoms with E-state index in [4.69, 9.17) is 0 Å². The molecule has 0 bridgehead atoms. The molecule has 1 heterocycles. The molecule has 1 atom stereocenters. The van der Waals surface area contributed by atoms with Crippen LogP contribution in [0.2, 0.25) is 0 Å². The van der Waals surface area contributed by atoms with Crippen molar-refractivity contribution in [1.82, 2.24) is 4.72 Å². The highest BCUT2D eigenvalue weighted by molar-refractivity contribution is 9.10. The maximum absolute atomic E-state index is 13.1. The summed E-state index contributed by atoms with van der Waals surface area (Å²) in [6.07, 6.45) is 0. The summed E-state index contributed by atoms with van der Waals surface area (Å²) in [5.41, 5.74) is 0. The van der Waals surface area contributed by atoms with Crippen LogP contribution in [0.25, 0.3) is 0 Å². The van der Waals surface area contributed by atoms with E-state index in [1.807, 2.05) is 0 Å². The number of nitrogens with one attached hydrogen (secondary N) is 1. The van der Waals surface area contributed by atoms with Crippen molar-refractivity contribution >= 4 is 47.1 Å². The lowest BCUT2D eigenvalue weighted by molar-refractivity contribution is 0.569. The number of hydrogen-bond acceptors (Lipinski definition) is 5. The topological polar surface area (TPSA) is 80.3 Å². The first-order valence-corrected chi connectivity index (χ1v) is 12.6. The minimum Gasteiger partial charge on any atom is -0.223 e. The highest BCUT2D eigenvalue weighted by Crippen LogP contribution is 2.31. The fraction of sp³-hybridized carbons (Fsp3) is 0.111. The van der Waals surface area contributed by atoms with Crippen molar-refractivity contribution in [3.63, 3.8) is 0 Å². The second-order valence-electron chi connectivity index (χ2n) is 5.67. The summed E-state index contributed by atoms with van der Waals surface area (Å²) in [4.78, 5) is 0.816. The summed E-state index contributed by atoms with van der Waals surface area (Å²) in [5, 5.41) is 0.761. The van der Waals surface area contributed by atoms with E-state index in [0.717, 1.165) is 4.47 Å².